The maximum absolute atomic E-state index is 12.5. The summed E-state index contributed by atoms with van der Waals surface area (Å²) in [5.74, 6) is 2.09. The Morgan fingerprint density at radius 2 is 1.40 bits per heavy atom. The van der Waals surface area contributed by atoms with Gasteiger partial charge in [0.1, 0.15) is 18.0 Å². The van der Waals surface area contributed by atoms with Crippen LogP contribution in [0.1, 0.15) is 23.2 Å². The second-order valence-electron chi connectivity index (χ2n) is 6.57. The van der Waals surface area contributed by atoms with Gasteiger partial charge in [-0.3, -0.25) is 4.79 Å². The number of amides is 1. The van der Waals surface area contributed by atoms with E-state index >= 15 is 0 Å². The molecule has 6 nitrogen and oxygen atoms in total. The van der Waals surface area contributed by atoms with E-state index in [1.54, 1.807) is 6.33 Å². The molecule has 6 heteroatoms. The summed E-state index contributed by atoms with van der Waals surface area (Å²) in [7, 11) is 0. The molecule has 130 valence electrons. The van der Waals surface area contributed by atoms with E-state index < -0.39 is 0 Å². The Bertz CT molecular complexity index is 722. The highest BCUT2D eigenvalue weighted by atomic mass is 16.2. The molecule has 1 aromatic heterocycles. The molecule has 3 heterocycles. The smallest absolute Gasteiger partial charge is 0.253 e. The number of aromatic nitrogens is 2. The fraction of sp³-hybridized carbons (Fsp3) is 0.421. The number of anilines is 2. The minimum Gasteiger partial charge on any atom is -0.356 e. The first kappa shape index (κ1) is 15.9. The first-order valence-corrected chi connectivity index (χ1v) is 8.97. The van der Waals surface area contributed by atoms with Crippen LogP contribution in [-0.4, -0.2) is 60.0 Å². The summed E-state index contributed by atoms with van der Waals surface area (Å²) in [5.41, 5.74) is 0.759. The van der Waals surface area contributed by atoms with Crippen LogP contribution < -0.4 is 9.80 Å². The summed E-state index contributed by atoms with van der Waals surface area (Å²) in [6, 6.07) is 11.6. The third kappa shape index (κ3) is 3.43. The molecule has 1 amide bonds. The largest absolute Gasteiger partial charge is 0.356 e. The Labute approximate surface area is 148 Å². The monoisotopic (exact) mass is 337 g/mol. The fourth-order valence-electron chi connectivity index (χ4n) is 3.53. The van der Waals surface area contributed by atoms with Gasteiger partial charge in [0, 0.05) is 50.9 Å². The van der Waals surface area contributed by atoms with E-state index in [9.17, 15) is 4.79 Å². The summed E-state index contributed by atoms with van der Waals surface area (Å²) in [6.07, 6.45) is 4.13. The Hall–Kier alpha value is -2.63. The fourth-order valence-corrected chi connectivity index (χ4v) is 3.53. The van der Waals surface area contributed by atoms with Crippen LogP contribution in [0, 0.1) is 0 Å². The molecule has 0 radical (unpaired) electrons. The second kappa shape index (κ2) is 7.09. The molecular weight excluding hydrogens is 314 g/mol. The van der Waals surface area contributed by atoms with Crippen LogP contribution >= 0.6 is 0 Å². The summed E-state index contributed by atoms with van der Waals surface area (Å²) in [6.45, 7) is 5.20. The van der Waals surface area contributed by atoms with Gasteiger partial charge in [-0.2, -0.15) is 0 Å². The number of carbonyl (C=O) groups excluding carboxylic acids is 1. The number of hydrogen-bond acceptors (Lipinski definition) is 5. The van der Waals surface area contributed by atoms with Crippen molar-refractivity contribution in [3.63, 3.8) is 0 Å². The SMILES string of the molecule is O=C(c1ccccc1)N1CCN(c2cc(N3CCCC3)ncn2)CC1. The van der Waals surface area contributed by atoms with E-state index in [1.807, 2.05) is 35.2 Å². The quantitative estimate of drug-likeness (QED) is 0.858. The van der Waals surface area contributed by atoms with Crippen LogP contribution in [0.25, 0.3) is 0 Å². The molecule has 2 saturated heterocycles. The lowest BCUT2D eigenvalue weighted by molar-refractivity contribution is 0.0746. The lowest BCUT2D eigenvalue weighted by Gasteiger charge is -2.35. The first-order chi connectivity index (χ1) is 12.3. The van der Waals surface area contributed by atoms with Crippen molar-refractivity contribution >= 4 is 17.5 Å². The van der Waals surface area contributed by atoms with E-state index in [0.29, 0.717) is 0 Å². The molecule has 0 saturated carbocycles. The zero-order valence-corrected chi connectivity index (χ0v) is 14.3. The zero-order chi connectivity index (χ0) is 17.1. The lowest BCUT2D eigenvalue weighted by Crippen LogP contribution is -2.49. The summed E-state index contributed by atoms with van der Waals surface area (Å²) in [5, 5.41) is 0. The standard InChI is InChI=1S/C19H23N5O/c25-19(16-6-2-1-3-7-16)24-12-10-23(11-13-24)18-14-17(20-15-21-18)22-8-4-5-9-22/h1-3,6-7,14-15H,4-5,8-13H2. The topological polar surface area (TPSA) is 52.6 Å². The first-order valence-electron chi connectivity index (χ1n) is 8.97. The maximum atomic E-state index is 12.5. The molecule has 0 N–H and O–H groups in total. The van der Waals surface area contributed by atoms with Gasteiger partial charge in [-0.15, -0.1) is 0 Å². The maximum Gasteiger partial charge on any atom is 0.253 e. The number of nitrogens with zero attached hydrogens (tertiary/aromatic N) is 5. The van der Waals surface area contributed by atoms with Gasteiger partial charge in [0.05, 0.1) is 0 Å². The Kier molecular flexibility index (Phi) is 4.50. The van der Waals surface area contributed by atoms with Crippen molar-refractivity contribution in [2.45, 2.75) is 12.8 Å². The minimum atomic E-state index is 0.112. The van der Waals surface area contributed by atoms with Crippen LogP contribution in [-0.2, 0) is 0 Å². The van der Waals surface area contributed by atoms with Gasteiger partial charge in [0.2, 0.25) is 0 Å². The van der Waals surface area contributed by atoms with Crippen molar-refractivity contribution in [1.82, 2.24) is 14.9 Å². The minimum absolute atomic E-state index is 0.112. The molecule has 2 aromatic rings. The van der Waals surface area contributed by atoms with Crippen LogP contribution in [0.3, 0.4) is 0 Å². The lowest BCUT2D eigenvalue weighted by atomic mass is 10.2. The highest BCUT2D eigenvalue weighted by molar-refractivity contribution is 5.94. The average Bonchev–Trinajstić information content (AvgIpc) is 3.23. The molecule has 4 rings (SSSR count). The average molecular weight is 337 g/mol. The second-order valence-corrected chi connectivity index (χ2v) is 6.57. The van der Waals surface area contributed by atoms with Crippen LogP contribution in [0.5, 0.6) is 0 Å². The van der Waals surface area contributed by atoms with Gasteiger partial charge >= 0.3 is 0 Å². The third-order valence-electron chi connectivity index (χ3n) is 4.98. The summed E-state index contributed by atoms with van der Waals surface area (Å²) >= 11 is 0. The number of benzene rings is 1. The van der Waals surface area contributed by atoms with Crippen molar-refractivity contribution in [1.29, 1.82) is 0 Å². The third-order valence-corrected chi connectivity index (χ3v) is 4.98. The van der Waals surface area contributed by atoms with Crippen molar-refractivity contribution in [3.05, 3.63) is 48.3 Å². The van der Waals surface area contributed by atoms with Gasteiger partial charge in [0.25, 0.3) is 5.91 Å². The van der Waals surface area contributed by atoms with Gasteiger partial charge < -0.3 is 14.7 Å². The van der Waals surface area contributed by atoms with E-state index in [-0.39, 0.29) is 5.91 Å². The Balaban J connectivity index is 1.40. The van der Waals surface area contributed by atoms with E-state index in [1.165, 1.54) is 12.8 Å². The number of hydrogen-bond donors (Lipinski definition) is 0. The van der Waals surface area contributed by atoms with E-state index in [2.05, 4.69) is 25.8 Å². The summed E-state index contributed by atoms with van der Waals surface area (Å²) < 4.78 is 0. The van der Waals surface area contributed by atoms with Crippen LogP contribution in [0.4, 0.5) is 11.6 Å². The molecule has 1 aromatic carbocycles. The van der Waals surface area contributed by atoms with Gasteiger partial charge in [-0.25, -0.2) is 9.97 Å². The molecule has 2 fully saturated rings. The normalized spacial score (nSPS) is 17.8. The van der Waals surface area contributed by atoms with E-state index in [4.69, 9.17) is 0 Å². The zero-order valence-electron chi connectivity index (χ0n) is 14.3. The van der Waals surface area contributed by atoms with Gasteiger partial charge in [-0.1, -0.05) is 18.2 Å². The van der Waals surface area contributed by atoms with Crippen molar-refractivity contribution in [2.75, 3.05) is 49.1 Å². The van der Waals surface area contributed by atoms with Gasteiger partial charge in [0.15, 0.2) is 0 Å². The number of rotatable bonds is 3. The predicted octanol–water partition coefficient (Wildman–Crippen LogP) is 2.04. The highest BCUT2D eigenvalue weighted by Crippen LogP contribution is 2.22. The molecule has 0 spiro atoms. The van der Waals surface area contributed by atoms with Crippen LogP contribution in [0.15, 0.2) is 42.7 Å². The Morgan fingerprint density at radius 1 is 0.800 bits per heavy atom. The molecule has 0 bridgehead atoms. The Morgan fingerprint density at radius 3 is 2.04 bits per heavy atom. The molecule has 0 aliphatic carbocycles. The summed E-state index contributed by atoms with van der Waals surface area (Å²) in [4.78, 5) is 27.9. The molecule has 2 aliphatic rings. The van der Waals surface area contributed by atoms with Crippen LogP contribution in [0.2, 0.25) is 0 Å². The molecule has 25 heavy (non-hydrogen) atoms. The highest BCUT2D eigenvalue weighted by Gasteiger charge is 2.23. The predicted molar refractivity (Wildman–Crippen MR) is 98.0 cm³/mol. The number of carbonyl (C=O) groups is 1. The molecule has 0 unspecified atom stereocenters. The molecular formula is C19H23N5O. The van der Waals surface area contributed by atoms with Crippen molar-refractivity contribution in [3.8, 4) is 0 Å². The van der Waals surface area contributed by atoms with Gasteiger partial charge in [-0.05, 0) is 25.0 Å². The van der Waals surface area contributed by atoms with Crippen molar-refractivity contribution in [2.24, 2.45) is 0 Å². The van der Waals surface area contributed by atoms with Crippen molar-refractivity contribution < 1.29 is 4.79 Å². The molecule has 0 atom stereocenters. The number of piperazine rings is 1. The molecule has 2 aliphatic heterocycles. The van der Waals surface area contributed by atoms with E-state index in [0.717, 1.165) is 56.5 Å².